The topological polar surface area (TPSA) is 53.7 Å². The monoisotopic (exact) mass is 267 g/mol. The maximum absolute atomic E-state index is 5.76. The summed E-state index contributed by atoms with van der Waals surface area (Å²) in [5, 5.41) is 0. The molecular weight excluding hydrogens is 248 g/mol. The van der Waals surface area contributed by atoms with Crippen LogP contribution in [0.15, 0.2) is 24.3 Å². The lowest BCUT2D eigenvalue weighted by molar-refractivity contribution is 0.00605. The molecule has 6 heteroatoms. The molecule has 1 rings (SSSR count). The van der Waals surface area contributed by atoms with E-state index in [4.69, 9.17) is 27.1 Å². The maximum Gasteiger partial charge on any atom is 0.208 e. The van der Waals surface area contributed by atoms with Gasteiger partial charge in [-0.15, -0.1) is 0 Å². The molecule has 1 aromatic carbocycles. The first-order chi connectivity index (χ1) is 8.43. The van der Waals surface area contributed by atoms with E-state index < -0.39 is 8.25 Å². The molecule has 0 saturated carbocycles. The van der Waals surface area contributed by atoms with Gasteiger partial charge >= 0.3 is 0 Å². The van der Waals surface area contributed by atoms with Crippen LogP contribution >= 0.6 is 8.25 Å². The van der Waals surface area contributed by atoms with Crippen LogP contribution < -0.4 is 10.3 Å². The van der Waals surface area contributed by atoms with E-state index in [1.54, 1.807) is 31.4 Å². The summed E-state index contributed by atoms with van der Waals surface area (Å²) >= 11 is 0. The number of anilines is 1. The normalized spacial score (nSPS) is 13.3. The van der Waals surface area contributed by atoms with Gasteiger partial charge in [0.15, 0.2) is 8.25 Å². The lowest BCUT2D eigenvalue weighted by Gasteiger charge is -2.23. The van der Waals surface area contributed by atoms with Gasteiger partial charge in [-0.25, -0.2) is 0 Å². The zero-order chi connectivity index (χ0) is 13.6. The van der Waals surface area contributed by atoms with E-state index in [1.165, 1.54) is 0 Å². The summed E-state index contributed by atoms with van der Waals surface area (Å²) in [6, 6.07) is 7.04. The van der Waals surface area contributed by atoms with Crippen molar-refractivity contribution in [3.63, 3.8) is 0 Å². The SMILES string of the molecule is [B]P(OCCC(C)(C)OC)Oc1ccc(N)cc1. The smallest absolute Gasteiger partial charge is 0.208 e. The summed E-state index contributed by atoms with van der Waals surface area (Å²) in [4.78, 5) is 0. The van der Waals surface area contributed by atoms with Gasteiger partial charge in [0.05, 0.1) is 12.2 Å². The van der Waals surface area contributed by atoms with Crippen molar-refractivity contribution in [1.82, 2.24) is 0 Å². The minimum Gasteiger partial charge on any atom is -0.458 e. The van der Waals surface area contributed by atoms with E-state index in [9.17, 15) is 0 Å². The van der Waals surface area contributed by atoms with Crippen LogP contribution in [-0.4, -0.2) is 26.9 Å². The van der Waals surface area contributed by atoms with E-state index in [-0.39, 0.29) is 5.60 Å². The standard InChI is InChI=1S/C12H19BNO3P/c1-12(2,15-3)8-9-16-18(13)17-11-6-4-10(14)5-7-11/h4-7H,8-9,14H2,1-3H3. The molecule has 0 spiro atoms. The molecule has 98 valence electrons. The highest BCUT2D eigenvalue weighted by atomic mass is 31.2. The second-order valence-corrected chi connectivity index (χ2v) is 5.50. The fourth-order valence-corrected chi connectivity index (χ4v) is 1.80. The van der Waals surface area contributed by atoms with Crippen molar-refractivity contribution in [1.29, 1.82) is 0 Å². The summed E-state index contributed by atoms with van der Waals surface area (Å²) in [7, 11) is 6.02. The van der Waals surface area contributed by atoms with Crippen LogP contribution in [0.2, 0.25) is 0 Å². The Kier molecular flexibility index (Phi) is 5.93. The molecule has 0 aromatic heterocycles. The molecule has 1 atom stereocenters. The van der Waals surface area contributed by atoms with Gasteiger partial charge in [-0.1, -0.05) is 0 Å². The molecule has 0 fully saturated rings. The fourth-order valence-electron chi connectivity index (χ4n) is 1.14. The molecular formula is C12H19BNO3P. The van der Waals surface area contributed by atoms with Gasteiger partial charge in [-0.2, -0.15) is 0 Å². The van der Waals surface area contributed by atoms with Crippen LogP contribution in [0.4, 0.5) is 5.69 Å². The van der Waals surface area contributed by atoms with E-state index in [1.807, 2.05) is 13.8 Å². The average molecular weight is 267 g/mol. The van der Waals surface area contributed by atoms with Crippen molar-refractivity contribution >= 4 is 21.5 Å². The van der Waals surface area contributed by atoms with Crippen molar-refractivity contribution in [2.24, 2.45) is 0 Å². The Labute approximate surface area is 111 Å². The first kappa shape index (κ1) is 15.3. The highest BCUT2D eigenvalue weighted by Gasteiger charge is 2.16. The Bertz CT molecular complexity index is 359. The maximum atomic E-state index is 5.76. The highest BCUT2D eigenvalue weighted by molar-refractivity contribution is 7.74. The van der Waals surface area contributed by atoms with Gasteiger partial charge in [0.2, 0.25) is 7.57 Å². The van der Waals surface area contributed by atoms with Crippen molar-refractivity contribution in [3.8, 4) is 5.75 Å². The Balaban J connectivity index is 2.29. The lowest BCUT2D eigenvalue weighted by atomic mass is 10.1. The number of nitrogens with two attached hydrogens (primary N) is 1. The molecule has 0 aliphatic rings. The molecule has 4 nitrogen and oxygen atoms in total. The fraction of sp³-hybridized carbons (Fsp3) is 0.500. The predicted molar refractivity (Wildman–Crippen MR) is 75.8 cm³/mol. The number of nitrogen functional groups attached to an aromatic ring is 1. The first-order valence-corrected chi connectivity index (χ1v) is 6.94. The number of hydrogen-bond acceptors (Lipinski definition) is 4. The second kappa shape index (κ2) is 6.98. The summed E-state index contributed by atoms with van der Waals surface area (Å²) in [6.45, 7) is 4.49. The van der Waals surface area contributed by atoms with Crippen molar-refractivity contribution in [3.05, 3.63) is 24.3 Å². The van der Waals surface area contributed by atoms with Crippen LogP contribution in [0.25, 0.3) is 0 Å². The van der Waals surface area contributed by atoms with Gasteiger partial charge in [0.25, 0.3) is 0 Å². The predicted octanol–water partition coefficient (Wildman–Crippen LogP) is 2.87. The zero-order valence-electron chi connectivity index (χ0n) is 11.1. The molecule has 1 aromatic rings. The average Bonchev–Trinajstić information content (AvgIpc) is 2.32. The summed E-state index contributed by atoms with van der Waals surface area (Å²) in [6.07, 6.45) is 0.755. The van der Waals surface area contributed by atoms with E-state index in [0.717, 1.165) is 6.42 Å². The Morgan fingerprint density at radius 1 is 1.28 bits per heavy atom. The van der Waals surface area contributed by atoms with Gasteiger partial charge in [0, 0.05) is 12.8 Å². The number of benzene rings is 1. The number of ether oxygens (including phenoxy) is 1. The molecule has 2 radical (unpaired) electrons. The third-order valence-corrected chi connectivity index (χ3v) is 3.38. The van der Waals surface area contributed by atoms with Crippen LogP contribution in [0, 0.1) is 0 Å². The van der Waals surface area contributed by atoms with Crippen molar-refractivity contribution in [2.45, 2.75) is 25.9 Å². The molecule has 2 N–H and O–H groups in total. The third-order valence-electron chi connectivity index (χ3n) is 2.55. The molecule has 1 unspecified atom stereocenters. The molecule has 0 saturated heterocycles. The Morgan fingerprint density at radius 3 is 2.44 bits per heavy atom. The van der Waals surface area contributed by atoms with Crippen LogP contribution in [0.3, 0.4) is 0 Å². The molecule has 0 aliphatic carbocycles. The third kappa shape index (κ3) is 5.72. The van der Waals surface area contributed by atoms with Gasteiger partial charge in [0.1, 0.15) is 5.75 Å². The number of hydrogen-bond donors (Lipinski definition) is 1. The van der Waals surface area contributed by atoms with E-state index >= 15 is 0 Å². The Morgan fingerprint density at radius 2 is 1.89 bits per heavy atom. The van der Waals surface area contributed by atoms with Crippen molar-refractivity contribution < 1.29 is 13.8 Å². The molecule has 0 aliphatic heterocycles. The second-order valence-electron chi connectivity index (χ2n) is 4.49. The van der Waals surface area contributed by atoms with Crippen molar-refractivity contribution in [2.75, 3.05) is 19.5 Å². The summed E-state index contributed by atoms with van der Waals surface area (Å²) in [5.41, 5.74) is 6.05. The zero-order valence-corrected chi connectivity index (χ0v) is 11.9. The summed E-state index contributed by atoms with van der Waals surface area (Å²) in [5.74, 6) is 0.656. The van der Waals surface area contributed by atoms with Crippen LogP contribution in [0.1, 0.15) is 20.3 Å². The largest absolute Gasteiger partial charge is 0.458 e. The van der Waals surface area contributed by atoms with Gasteiger partial charge < -0.3 is 19.5 Å². The first-order valence-electron chi connectivity index (χ1n) is 5.69. The minimum atomic E-state index is -1.42. The molecule has 18 heavy (non-hydrogen) atoms. The van der Waals surface area contributed by atoms with E-state index in [2.05, 4.69) is 0 Å². The Hall–Kier alpha value is -0.765. The van der Waals surface area contributed by atoms with E-state index in [0.29, 0.717) is 18.0 Å². The van der Waals surface area contributed by atoms with Crippen LogP contribution in [0.5, 0.6) is 5.75 Å². The van der Waals surface area contributed by atoms with Crippen LogP contribution in [-0.2, 0) is 9.26 Å². The van der Waals surface area contributed by atoms with Gasteiger partial charge in [-0.3, -0.25) is 0 Å². The molecule has 0 bridgehead atoms. The quantitative estimate of drug-likeness (QED) is 0.469. The number of methoxy groups -OCH3 is 1. The minimum absolute atomic E-state index is 0.211. The molecule has 0 amide bonds. The van der Waals surface area contributed by atoms with Gasteiger partial charge in [-0.05, 0) is 44.5 Å². The number of rotatable bonds is 7. The molecule has 0 heterocycles. The lowest BCUT2D eigenvalue weighted by Crippen LogP contribution is -2.24. The summed E-state index contributed by atoms with van der Waals surface area (Å²) < 4.78 is 16.1. The highest BCUT2D eigenvalue weighted by Crippen LogP contribution is 2.35.